The molecule has 0 unspecified atom stereocenters. The lowest BCUT2D eigenvalue weighted by atomic mass is 9.51. The second-order valence-corrected chi connectivity index (χ2v) is 7.48. The molecular formula is C16H23NO3. The van der Waals surface area contributed by atoms with Crippen LogP contribution in [0.1, 0.15) is 44.9 Å². The molecule has 4 bridgehead atoms. The van der Waals surface area contributed by atoms with Gasteiger partial charge in [-0.05, 0) is 68.6 Å². The van der Waals surface area contributed by atoms with Gasteiger partial charge in [0.05, 0.1) is 0 Å². The van der Waals surface area contributed by atoms with E-state index in [1.165, 1.54) is 32.1 Å². The molecule has 1 aliphatic heterocycles. The minimum atomic E-state index is -0.820. The van der Waals surface area contributed by atoms with Gasteiger partial charge in [0.25, 0.3) is 0 Å². The molecule has 20 heavy (non-hydrogen) atoms. The number of likely N-dealkylation sites (tertiary alicyclic amines) is 1. The lowest BCUT2D eigenvalue weighted by Gasteiger charge is -2.54. The van der Waals surface area contributed by atoms with Crippen LogP contribution < -0.4 is 0 Å². The van der Waals surface area contributed by atoms with Gasteiger partial charge in [0.15, 0.2) is 0 Å². The second-order valence-electron chi connectivity index (χ2n) is 7.48. The van der Waals surface area contributed by atoms with Crippen molar-refractivity contribution in [2.45, 2.75) is 51.0 Å². The number of carbonyl (C=O) groups excluding carboxylic acids is 1. The van der Waals surface area contributed by atoms with E-state index in [0.717, 1.165) is 18.3 Å². The molecule has 5 aliphatic rings. The monoisotopic (exact) mass is 277 g/mol. The predicted octanol–water partition coefficient (Wildman–Crippen LogP) is 2.13. The van der Waals surface area contributed by atoms with E-state index < -0.39 is 12.0 Å². The van der Waals surface area contributed by atoms with Crippen molar-refractivity contribution in [1.82, 2.24) is 4.90 Å². The smallest absolute Gasteiger partial charge is 0.326 e. The Bertz CT molecular complexity index is 419. The van der Waals surface area contributed by atoms with Crippen molar-refractivity contribution in [3.63, 3.8) is 0 Å². The van der Waals surface area contributed by atoms with Gasteiger partial charge in [-0.15, -0.1) is 0 Å². The number of nitrogens with zero attached hydrogens (tertiary/aromatic N) is 1. The Morgan fingerprint density at radius 2 is 1.55 bits per heavy atom. The van der Waals surface area contributed by atoms with Gasteiger partial charge in [-0.2, -0.15) is 0 Å². The molecule has 4 heteroatoms. The normalized spacial score (nSPS) is 45.9. The van der Waals surface area contributed by atoms with Crippen molar-refractivity contribution in [2.75, 3.05) is 6.54 Å². The minimum absolute atomic E-state index is 0.141. The fourth-order valence-electron chi connectivity index (χ4n) is 5.81. The van der Waals surface area contributed by atoms with E-state index in [2.05, 4.69) is 0 Å². The molecule has 5 fully saturated rings. The maximum atomic E-state index is 12.9. The van der Waals surface area contributed by atoms with E-state index in [9.17, 15) is 14.7 Å². The summed E-state index contributed by atoms with van der Waals surface area (Å²) < 4.78 is 0. The molecule has 4 saturated carbocycles. The number of aliphatic carboxylic acids is 1. The third-order valence-electron chi connectivity index (χ3n) is 6.33. The van der Waals surface area contributed by atoms with Crippen LogP contribution in [-0.4, -0.2) is 34.5 Å². The van der Waals surface area contributed by atoms with Crippen molar-refractivity contribution >= 4 is 11.9 Å². The van der Waals surface area contributed by atoms with Gasteiger partial charge in [-0.25, -0.2) is 4.79 Å². The molecule has 4 nitrogen and oxygen atoms in total. The highest BCUT2D eigenvalue weighted by Gasteiger charge is 2.52. The molecular weight excluding hydrogens is 254 g/mol. The van der Waals surface area contributed by atoms with Crippen LogP contribution in [0.25, 0.3) is 0 Å². The maximum absolute atomic E-state index is 12.9. The van der Waals surface area contributed by atoms with Gasteiger partial charge < -0.3 is 10.0 Å². The number of carbonyl (C=O) groups is 2. The Hall–Kier alpha value is -1.06. The molecule has 5 rings (SSSR count). The van der Waals surface area contributed by atoms with E-state index in [-0.39, 0.29) is 11.8 Å². The zero-order chi connectivity index (χ0) is 13.9. The number of hydrogen-bond donors (Lipinski definition) is 1. The fraction of sp³-hybridized carbons (Fsp3) is 0.875. The van der Waals surface area contributed by atoms with E-state index in [1.807, 2.05) is 0 Å². The van der Waals surface area contributed by atoms with Gasteiger partial charge in [0.2, 0.25) is 5.91 Å². The standard InChI is InChI=1S/C16H23NO3/c18-15(17-3-1-2-13(17)16(19)20)14-11-5-9-4-10(7-11)8-12(14)6-9/h9-14H,1-8H2,(H,19,20)/t9?,10?,11?,12?,13-,14?/m0/s1. The van der Waals surface area contributed by atoms with Crippen molar-refractivity contribution < 1.29 is 14.7 Å². The Labute approximate surface area is 119 Å². The average molecular weight is 277 g/mol. The lowest BCUT2D eigenvalue weighted by molar-refractivity contribution is -0.157. The van der Waals surface area contributed by atoms with Crippen molar-refractivity contribution in [3.05, 3.63) is 0 Å². The fourth-order valence-corrected chi connectivity index (χ4v) is 5.81. The Kier molecular flexibility index (Phi) is 2.83. The van der Waals surface area contributed by atoms with Crippen molar-refractivity contribution in [1.29, 1.82) is 0 Å². The Balaban J connectivity index is 1.55. The van der Waals surface area contributed by atoms with Crippen molar-refractivity contribution in [3.8, 4) is 0 Å². The maximum Gasteiger partial charge on any atom is 0.326 e. The number of amides is 1. The first kappa shape index (κ1) is 12.7. The quantitative estimate of drug-likeness (QED) is 0.841. The van der Waals surface area contributed by atoms with E-state index in [1.54, 1.807) is 4.90 Å². The number of rotatable bonds is 2. The summed E-state index contributed by atoms with van der Waals surface area (Å²) in [5.41, 5.74) is 0. The molecule has 4 aliphatic carbocycles. The lowest BCUT2D eigenvalue weighted by Crippen LogP contribution is -2.53. The van der Waals surface area contributed by atoms with Gasteiger partial charge in [0, 0.05) is 12.5 Å². The molecule has 1 atom stereocenters. The topological polar surface area (TPSA) is 57.6 Å². The van der Waals surface area contributed by atoms with Gasteiger partial charge in [-0.1, -0.05) is 0 Å². The zero-order valence-electron chi connectivity index (χ0n) is 11.8. The van der Waals surface area contributed by atoms with E-state index in [0.29, 0.717) is 24.8 Å². The zero-order valence-corrected chi connectivity index (χ0v) is 11.8. The largest absolute Gasteiger partial charge is 0.480 e. The van der Waals surface area contributed by atoms with E-state index in [4.69, 9.17) is 0 Å². The average Bonchev–Trinajstić information content (AvgIpc) is 2.86. The molecule has 1 amide bonds. The predicted molar refractivity (Wildman–Crippen MR) is 72.9 cm³/mol. The molecule has 110 valence electrons. The van der Waals surface area contributed by atoms with Crippen LogP contribution in [-0.2, 0) is 9.59 Å². The van der Waals surface area contributed by atoms with Crippen molar-refractivity contribution in [2.24, 2.45) is 29.6 Å². The van der Waals surface area contributed by atoms with Crippen LogP contribution in [0.5, 0.6) is 0 Å². The molecule has 1 N–H and O–H groups in total. The first-order valence-corrected chi connectivity index (χ1v) is 8.16. The number of hydrogen-bond acceptors (Lipinski definition) is 2. The molecule has 1 saturated heterocycles. The molecule has 0 aromatic rings. The molecule has 1 heterocycles. The summed E-state index contributed by atoms with van der Waals surface area (Å²) in [5.74, 6) is 2.31. The third-order valence-corrected chi connectivity index (χ3v) is 6.33. The van der Waals surface area contributed by atoms with Crippen LogP contribution in [0.3, 0.4) is 0 Å². The molecule has 0 radical (unpaired) electrons. The van der Waals surface area contributed by atoms with Crippen LogP contribution in [0.15, 0.2) is 0 Å². The highest BCUT2D eigenvalue weighted by Crippen LogP contribution is 2.57. The summed E-state index contributed by atoms with van der Waals surface area (Å²) in [7, 11) is 0. The SMILES string of the molecule is O=C(O)[C@@H]1CCCN1C(=O)C1C2CC3CC(C2)CC1C3. The number of carboxylic acid groups (broad SMARTS) is 1. The van der Waals surface area contributed by atoms with Crippen LogP contribution in [0.4, 0.5) is 0 Å². The summed E-state index contributed by atoms with van der Waals surface area (Å²) in [6, 6.07) is -0.556. The van der Waals surface area contributed by atoms with Crippen LogP contribution in [0.2, 0.25) is 0 Å². The Morgan fingerprint density at radius 3 is 2.10 bits per heavy atom. The van der Waals surface area contributed by atoms with Crippen LogP contribution in [0, 0.1) is 29.6 Å². The van der Waals surface area contributed by atoms with Crippen LogP contribution >= 0.6 is 0 Å². The summed E-state index contributed by atoms with van der Waals surface area (Å²) in [5, 5.41) is 9.29. The van der Waals surface area contributed by atoms with Gasteiger partial charge in [-0.3, -0.25) is 4.79 Å². The summed E-state index contributed by atoms with van der Waals surface area (Å²) in [6.45, 7) is 0.651. The van der Waals surface area contributed by atoms with Gasteiger partial charge in [0.1, 0.15) is 6.04 Å². The summed E-state index contributed by atoms with van der Waals surface area (Å²) in [4.78, 5) is 25.9. The highest BCUT2D eigenvalue weighted by atomic mass is 16.4. The summed E-state index contributed by atoms with van der Waals surface area (Å²) >= 11 is 0. The highest BCUT2D eigenvalue weighted by molar-refractivity contribution is 5.86. The third kappa shape index (κ3) is 1.80. The second kappa shape index (κ2) is 4.47. The first-order valence-electron chi connectivity index (χ1n) is 8.16. The molecule has 0 aromatic heterocycles. The Morgan fingerprint density at radius 1 is 0.950 bits per heavy atom. The molecule has 0 aromatic carbocycles. The minimum Gasteiger partial charge on any atom is -0.480 e. The van der Waals surface area contributed by atoms with Gasteiger partial charge >= 0.3 is 5.97 Å². The first-order chi connectivity index (χ1) is 9.63. The number of carboxylic acids is 1. The van der Waals surface area contributed by atoms with E-state index >= 15 is 0 Å². The summed E-state index contributed by atoms with van der Waals surface area (Å²) in [6.07, 6.45) is 7.73. The molecule has 0 spiro atoms.